The summed E-state index contributed by atoms with van der Waals surface area (Å²) in [5, 5.41) is 2.81. The molecule has 6 heteroatoms. The van der Waals surface area contributed by atoms with Crippen LogP contribution in [-0.4, -0.2) is 24.7 Å². The van der Waals surface area contributed by atoms with Crippen LogP contribution < -0.4 is 11.1 Å². The van der Waals surface area contributed by atoms with Crippen LogP contribution in [0.4, 0.5) is 8.78 Å². The van der Waals surface area contributed by atoms with Crippen LogP contribution in [0.2, 0.25) is 0 Å². The van der Waals surface area contributed by atoms with Gasteiger partial charge < -0.3 is 15.8 Å². The first-order valence-corrected chi connectivity index (χ1v) is 7.53. The van der Waals surface area contributed by atoms with E-state index in [0.29, 0.717) is 13.0 Å². The van der Waals surface area contributed by atoms with Gasteiger partial charge in [0.25, 0.3) is 0 Å². The van der Waals surface area contributed by atoms with Crippen molar-refractivity contribution < 1.29 is 18.3 Å². The minimum absolute atomic E-state index is 0.0457. The monoisotopic (exact) mass is 312 g/mol. The number of amides is 1. The molecule has 3 N–H and O–H groups in total. The molecule has 0 aromatic heterocycles. The van der Waals surface area contributed by atoms with E-state index in [1.165, 1.54) is 12.1 Å². The van der Waals surface area contributed by atoms with Gasteiger partial charge in [-0.3, -0.25) is 4.79 Å². The van der Waals surface area contributed by atoms with Crippen LogP contribution in [0.5, 0.6) is 0 Å². The minimum atomic E-state index is -0.661. The molecule has 0 radical (unpaired) electrons. The van der Waals surface area contributed by atoms with Crippen molar-refractivity contribution in [3.63, 3.8) is 0 Å². The molecule has 22 heavy (non-hydrogen) atoms. The van der Waals surface area contributed by atoms with Gasteiger partial charge in [0.1, 0.15) is 17.7 Å². The summed E-state index contributed by atoms with van der Waals surface area (Å²) < 4.78 is 32.6. The molecule has 4 nitrogen and oxygen atoms in total. The molecule has 2 rings (SSSR count). The molecule has 0 aliphatic carbocycles. The third kappa shape index (κ3) is 3.81. The summed E-state index contributed by atoms with van der Waals surface area (Å²) in [4.78, 5) is 12.3. The number of rotatable bonds is 5. The molecule has 1 fully saturated rings. The summed E-state index contributed by atoms with van der Waals surface area (Å²) in [5.74, 6) is -1.62. The van der Waals surface area contributed by atoms with Crippen LogP contribution in [0.1, 0.15) is 38.3 Å². The van der Waals surface area contributed by atoms with Gasteiger partial charge in [-0.1, -0.05) is 19.9 Å². The first-order chi connectivity index (χ1) is 10.4. The zero-order valence-corrected chi connectivity index (χ0v) is 12.8. The third-order valence-corrected chi connectivity index (χ3v) is 3.92. The Bertz CT molecular complexity index is 537. The number of benzene rings is 1. The number of hydrogen-bond acceptors (Lipinski definition) is 3. The van der Waals surface area contributed by atoms with Gasteiger partial charge in [0.15, 0.2) is 0 Å². The molecule has 3 atom stereocenters. The van der Waals surface area contributed by atoms with E-state index in [-0.39, 0.29) is 23.5 Å². The Kier molecular flexibility index (Phi) is 5.47. The van der Waals surface area contributed by atoms with Crippen molar-refractivity contribution in [3.8, 4) is 0 Å². The molecule has 1 aromatic carbocycles. The second kappa shape index (κ2) is 7.15. The van der Waals surface area contributed by atoms with Crippen molar-refractivity contribution >= 4 is 5.91 Å². The summed E-state index contributed by atoms with van der Waals surface area (Å²) in [7, 11) is 0. The van der Waals surface area contributed by atoms with Gasteiger partial charge in [-0.25, -0.2) is 8.78 Å². The topological polar surface area (TPSA) is 64.4 Å². The molecular formula is C16H22F2N2O2. The van der Waals surface area contributed by atoms with Gasteiger partial charge >= 0.3 is 0 Å². The van der Waals surface area contributed by atoms with E-state index < -0.39 is 23.8 Å². The highest BCUT2D eigenvalue weighted by Crippen LogP contribution is 2.26. The smallest absolute Gasteiger partial charge is 0.249 e. The van der Waals surface area contributed by atoms with Crippen molar-refractivity contribution in [1.29, 1.82) is 0 Å². The van der Waals surface area contributed by atoms with Crippen LogP contribution in [0.3, 0.4) is 0 Å². The Labute approximate surface area is 129 Å². The van der Waals surface area contributed by atoms with E-state index in [2.05, 4.69) is 5.32 Å². The maximum absolute atomic E-state index is 14.0. The highest BCUT2D eigenvalue weighted by Gasteiger charge is 2.32. The molecule has 1 amide bonds. The lowest BCUT2D eigenvalue weighted by atomic mass is 9.95. The lowest BCUT2D eigenvalue weighted by molar-refractivity contribution is -0.133. The third-order valence-electron chi connectivity index (χ3n) is 3.92. The van der Waals surface area contributed by atoms with Gasteiger partial charge in [0.05, 0.1) is 12.1 Å². The fraction of sp³-hybridized carbons (Fsp3) is 0.562. The summed E-state index contributed by atoms with van der Waals surface area (Å²) >= 11 is 0. The van der Waals surface area contributed by atoms with Crippen molar-refractivity contribution in [1.82, 2.24) is 5.32 Å². The van der Waals surface area contributed by atoms with Gasteiger partial charge in [-0.2, -0.15) is 0 Å². The molecular weight excluding hydrogens is 290 g/mol. The second-order valence-corrected chi connectivity index (χ2v) is 5.96. The number of nitrogens with two attached hydrogens (primary N) is 1. The minimum Gasteiger partial charge on any atom is -0.364 e. The molecule has 0 spiro atoms. The number of nitrogens with one attached hydrogen (secondary N) is 1. The first-order valence-electron chi connectivity index (χ1n) is 7.53. The zero-order chi connectivity index (χ0) is 16.3. The number of ether oxygens (including phenoxy) is 1. The first kappa shape index (κ1) is 16.8. The van der Waals surface area contributed by atoms with Gasteiger partial charge in [0, 0.05) is 18.2 Å². The van der Waals surface area contributed by atoms with Crippen LogP contribution in [0.15, 0.2) is 18.2 Å². The normalized spacial score (nSPS) is 22.8. The summed E-state index contributed by atoms with van der Waals surface area (Å²) in [6.45, 7) is 4.11. The Balaban J connectivity index is 2.10. The zero-order valence-electron chi connectivity index (χ0n) is 12.8. The number of carbonyl (C=O) groups is 1. The van der Waals surface area contributed by atoms with E-state index in [1.807, 2.05) is 13.8 Å². The second-order valence-electron chi connectivity index (χ2n) is 5.96. The van der Waals surface area contributed by atoms with Gasteiger partial charge in [0.2, 0.25) is 5.91 Å². The average Bonchev–Trinajstić information content (AvgIpc) is 2.94. The lowest BCUT2D eigenvalue weighted by Gasteiger charge is -2.25. The Morgan fingerprint density at radius 3 is 2.68 bits per heavy atom. The maximum Gasteiger partial charge on any atom is 0.249 e. The summed E-state index contributed by atoms with van der Waals surface area (Å²) in [6, 6.07) is 2.85. The van der Waals surface area contributed by atoms with Gasteiger partial charge in [-0.15, -0.1) is 0 Å². The maximum atomic E-state index is 14.0. The standard InChI is InChI=1S/C16H22F2N2O2/c1-9(2)15(12-5-3-10(17)7-13(12)18)20-16(21)14-6-4-11(8-19)22-14/h3,5,7,9,11,14-15H,4,6,8,19H2,1-2H3,(H,20,21)/t11-,14+,15?/m1/s1. The fourth-order valence-corrected chi connectivity index (χ4v) is 2.68. The highest BCUT2D eigenvalue weighted by molar-refractivity contribution is 5.81. The van der Waals surface area contributed by atoms with E-state index in [1.54, 1.807) is 0 Å². The SMILES string of the molecule is CC(C)C(NC(=O)[C@@H]1CC[C@H](CN)O1)c1ccc(F)cc1F. The Morgan fingerprint density at radius 2 is 2.14 bits per heavy atom. The van der Waals surface area contributed by atoms with E-state index in [9.17, 15) is 13.6 Å². The van der Waals surface area contributed by atoms with Gasteiger partial charge in [-0.05, 0) is 24.8 Å². The van der Waals surface area contributed by atoms with E-state index in [4.69, 9.17) is 10.5 Å². The van der Waals surface area contributed by atoms with Crippen molar-refractivity contribution in [2.45, 2.75) is 44.9 Å². The van der Waals surface area contributed by atoms with Crippen LogP contribution in [-0.2, 0) is 9.53 Å². The Morgan fingerprint density at radius 1 is 1.41 bits per heavy atom. The average molecular weight is 312 g/mol. The van der Waals surface area contributed by atoms with E-state index in [0.717, 1.165) is 12.5 Å². The lowest BCUT2D eigenvalue weighted by Crippen LogP contribution is -2.39. The quantitative estimate of drug-likeness (QED) is 0.877. The number of hydrogen-bond donors (Lipinski definition) is 2. The summed E-state index contributed by atoms with van der Waals surface area (Å²) in [5.41, 5.74) is 5.80. The molecule has 122 valence electrons. The van der Waals surface area contributed by atoms with Crippen LogP contribution >= 0.6 is 0 Å². The molecule has 0 saturated carbocycles. The molecule has 1 unspecified atom stereocenters. The number of carbonyl (C=O) groups excluding carboxylic acids is 1. The molecule has 1 saturated heterocycles. The highest BCUT2D eigenvalue weighted by atomic mass is 19.1. The molecule has 1 aliphatic rings. The molecule has 1 heterocycles. The van der Waals surface area contributed by atoms with Crippen molar-refractivity contribution in [2.24, 2.45) is 11.7 Å². The van der Waals surface area contributed by atoms with Crippen LogP contribution in [0.25, 0.3) is 0 Å². The predicted octanol–water partition coefficient (Wildman–Crippen LogP) is 2.28. The fourth-order valence-electron chi connectivity index (χ4n) is 2.68. The molecule has 0 bridgehead atoms. The predicted molar refractivity (Wildman–Crippen MR) is 79.0 cm³/mol. The Hall–Kier alpha value is -1.53. The van der Waals surface area contributed by atoms with E-state index >= 15 is 0 Å². The summed E-state index contributed by atoms with van der Waals surface area (Å²) in [6.07, 6.45) is 0.685. The number of halogens is 2. The molecule has 1 aromatic rings. The molecule has 1 aliphatic heterocycles. The van der Waals surface area contributed by atoms with Crippen molar-refractivity contribution in [3.05, 3.63) is 35.4 Å². The van der Waals surface area contributed by atoms with Crippen LogP contribution in [0, 0.1) is 17.6 Å². The van der Waals surface area contributed by atoms with Crippen molar-refractivity contribution in [2.75, 3.05) is 6.54 Å². The largest absolute Gasteiger partial charge is 0.364 e.